The molecule has 0 spiro atoms. The smallest absolute Gasteiger partial charge is 0.267 e. The predicted octanol–water partition coefficient (Wildman–Crippen LogP) is 3.10. The zero-order chi connectivity index (χ0) is 23.4. The Kier molecular flexibility index (Phi) is 7.09. The number of fused-ring (bicyclic) bond motifs is 1. The fourth-order valence-electron chi connectivity index (χ4n) is 3.88. The average Bonchev–Trinajstić information content (AvgIpc) is 2.82. The molecule has 1 fully saturated rings. The summed E-state index contributed by atoms with van der Waals surface area (Å²) in [6.07, 6.45) is 2.50. The number of carbonyl (C=O) groups excluding carboxylic acids is 1. The molecule has 2 heterocycles. The van der Waals surface area contributed by atoms with E-state index in [1.807, 2.05) is 43.0 Å². The average molecular weight is 475 g/mol. The third-order valence-corrected chi connectivity index (χ3v) is 6.99. The van der Waals surface area contributed by atoms with E-state index in [1.54, 1.807) is 0 Å². The fourth-order valence-corrected chi connectivity index (χ4v) is 4.91. The number of rotatable bonds is 7. The van der Waals surface area contributed by atoms with E-state index in [0.717, 1.165) is 43.7 Å². The highest BCUT2D eigenvalue weighted by Crippen LogP contribution is 2.34. The molecule has 2 aromatic rings. The van der Waals surface area contributed by atoms with Crippen LogP contribution >= 0.6 is 0 Å². The third-order valence-electron chi connectivity index (χ3n) is 5.59. The van der Waals surface area contributed by atoms with E-state index in [1.165, 1.54) is 18.2 Å². The normalized spacial score (nSPS) is 18.3. The van der Waals surface area contributed by atoms with Gasteiger partial charge in [-0.2, -0.15) is 0 Å². The van der Waals surface area contributed by atoms with Gasteiger partial charge < -0.3 is 19.1 Å². The minimum absolute atomic E-state index is 0.0596. The second-order valence-electron chi connectivity index (χ2n) is 8.55. The third kappa shape index (κ3) is 5.78. The quantitative estimate of drug-likeness (QED) is 0.663. The van der Waals surface area contributed by atoms with Crippen LogP contribution in [0.1, 0.15) is 38.7 Å². The van der Waals surface area contributed by atoms with Crippen molar-refractivity contribution in [3.05, 3.63) is 48.0 Å². The van der Waals surface area contributed by atoms with Gasteiger partial charge in [0.25, 0.3) is 5.91 Å². The van der Waals surface area contributed by atoms with Crippen LogP contribution in [0.15, 0.2) is 47.4 Å². The topological polar surface area (TPSA) is 94.2 Å². The number of nitrogens with zero attached hydrogens (tertiary/aromatic N) is 1. The summed E-state index contributed by atoms with van der Waals surface area (Å²) in [7, 11) is -3.76. The molecule has 4 rings (SSSR count). The van der Waals surface area contributed by atoms with Crippen molar-refractivity contribution in [2.75, 3.05) is 19.7 Å². The van der Waals surface area contributed by atoms with E-state index >= 15 is 0 Å². The number of ether oxygens (including phenoxy) is 3. The highest BCUT2D eigenvalue weighted by Gasteiger charge is 2.32. The van der Waals surface area contributed by atoms with Gasteiger partial charge in [0.1, 0.15) is 12.4 Å². The summed E-state index contributed by atoms with van der Waals surface area (Å²) in [6.45, 7) is 5.57. The van der Waals surface area contributed by atoms with Crippen LogP contribution in [0, 0.1) is 0 Å². The molecule has 9 heteroatoms. The summed E-state index contributed by atoms with van der Waals surface area (Å²) in [5.41, 5.74) is 0.811. The van der Waals surface area contributed by atoms with Gasteiger partial charge in [0.15, 0.2) is 11.5 Å². The maximum atomic E-state index is 12.8. The van der Waals surface area contributed by atoms with Crippen LogP contribution in [0.5, 0.6) is 17.2 Å². The van der Waals surface area contributed by atoms with Gasteiger partial charge in [0, 0.05) is 25.7 Å². The first-order chi connectivity index (χ1) is 15.8. The molecule has 1 atom stereocenters. The van der Waals surface area contributed by atoms with Crippen LogP contribution in [-0.2, 0) is 21.4 Å². The summed E-state index contributed by atoms with van der Waals surface area (Å²) in [5.74, 6) is 1.34. The summed E-state index contributed by atoms with van der Waals surface area (Å²) in [5, 5.41) is 0. The van der Waals surface area contributed by atoms with E-state index < -0.39 is 16.1 Å². The number of amides is 1. The maximum Gasteiger partial charge on any atom is 0.267 e. The van der Waals surface area contributed by atoms with Gasteiger partial charge in [0.05, 0.1) is 11.0 Å². The SMILES string of the molecule is CC(C)Oc1ccc(CNS(=O)(=O)c2ccc3c(c2)OCC(C(=O)N2CCCCC2)O3)cc1. The molecule has 0 bridgehead atoms. The Morgan fingerprint density at radius 2 is 1.82 bits per heavy atom. The van der Waals surface area contributed by atoms with Crippen molar-refractivity contribution in [2.45, 2.75) is 56.8 Å². The Morgan fingerprint density at radius 1 is 1.09 bits per heavy atom. The van der Waals surface area contributed by atoms with Crippen LogP contribution in [0.2, 0.25) is 0 Å². The molecular weight excluding hydrogens is 444 g/mol. The van der Waals surface area contributed by atoms with Gasteiger partial charge in [-0.15, -0.1) is 0 Å². The Labute approximate surface area is 194 Å². The molecule has 8 nitrogen and oxygen atoms in total. The molecule has 2 aliphatic heterocycles. The number of carbonyl (C=O) groups is 1. The fraction of sp³-hybridized carbons (Fsp3) is 0.458. The first kappa shape index (κ1) is 23.4. The Balaban J connectivity index is 1.38. The van der Waals surface area contributed by atoms with Crippen molar-refractivity contribution in [3.8, 4) is 17.2 Å². The van der Waals surface area contributed by atoms with E-state index in [9.17, 15) is 13.2 Å². The molecule has 33 heavy (non-hydrogen) atoms. The van der Waals surface area contributed by atoms with Crippen LogP contribution < -0.4 is 18.9 Å². The van der Waals surface area contributed by atoms with Gasteiger partial charge in [0.2, 0.25) is 16.1 Å². The zero-order valence-corrected chi connectivity index (χ0v) is 19.8. The van der Waals surface area contributed by atoms with Crippen molar-refractivity contribution in [2.24, 2.45) is 0 Å². The lowest BCUT2D eigenvalue weighted by Crippen LogP contribution is -2.48. The van der Waals surface area contributed by atoms with E-state index in [2.05, 4.69) is 4.72 Å². The van der Waals surface area contributed by atoms with Gasteiger partial charge in [-0.05, 0) is 62.9 Å². The number of likely N-dealkylation sites (tertiary alicyclic amines) is 1. The zero-order valence-electron chi connectivity index (χ0n) is 19.0. The molecule has 1 N–H and O–H groups in total. The largest absolute Gasteiger partial charge is 0.491 e. The van der Waals surface area contributed by atoms with Crippen molar-refractivity contribution in [1.29, 1.82) is 0 Å². The molecule has 2 aromatic carbocycles. The van der Waals surface area contributed by atoms with Crippen molar-refractivity contribution in [1.82, 2.24) is 9.62 Å². The molecule has 2 aliphatic rings. The van der Waals surface area contributed by atoms with Crippen molar-refractivity contribution >= 4 is 15.9 Å². The Bertz CT molecular complexity index is 1080. The molecule has 1 amide bonds. The minimum Gasteiger partial charge on any atom is -0.491 e. The van der Waals surface area contributed by atoms with Crippen LogP contribution in [-0.4, -0.2) is 51.1 Å². The highest BCUT2D eigenvalue weighted by molar-refractivity contribution is 7.89. The lowest BCUT2D eigenvalue weighted by molar-refractivity contribution is -0.142. The first-order valence-corrected chi connectivity index (χ1v) is 12.8. The van der Waals surface area contributed by atoms with E-state index in [0.29, 0.717) is 11.5 Å². The monoisotopic (exact) mass is 474 g/mol. The highest BCUT2D eigenvalue weighted by atomic mass is 32.2. The molecule has 1 unspecified atom stereocenters. The van der Waals surface area contributed by atoms with Crippen molar-refractivity contribution in [3.63, 3.8) is 0 Å². The van der Waals surface area contributed by atoms with E-state index in [-0.39, 0.29) is 30.1 Å². The van der Waals surface area contributed by atoms with Gasteiger partial charge in [-0.25, -0.2) is 13.1 Å². The van der Waals surface area contributed by atoms with Crippen LogP contribution in [0.3, 0.4) is 0 Å². The lowest BCUT2D eigenvalue weighted by Gasteiger charge is -2.32. The van der Waals surface area contributed by atoms with Crippen molar-refractivity contribution < 1.29 is 27.4 Å². The number of sulfonamides is 1. The summed E-state index contributed by atoms with van der Waals surface area (Å²) in [6, 6.07) is 11.7. The second kappa shape index (κ2) is 10.0. The maximum absolute atomic E-state index is 12.8. The standard InChI is InChI=1S/C24H30N2O6S/c1-17(2)31-19-8-6-18(7-9-19)15-25-33(28,29)20-10-11-21-22(14-20)30-16-23(32-21)24(27)26-12-4-3-5-13-26/h6-11,14,17,23,25H,3-5,12-13,15-16H2,1-2H3. The van der Waals surface area contributed by atoms with Gasteiger partial charge in [-0.1, -0.05) is 12.1 Å². The molecule has 1 saturated heterocycles. The molecule has 0 radical (unpaired) electrons. The van der Waals surface area contributed by atoms with Crippen LogP contribution in [0.25, 0.3) is 0 Å². The molecule has 0 aliphatic carbocycles. The molecule has 178 valence electrons. The van der Waals surface area contributed by atoms with Crippen LogP contribution in [0.4, 0.5) is 0 Å². The number of nitrogens with one attached hydrogen (secondary N) is 1. The lowest BCUT2D eigenvalue weighted by atomic mass is 10.1. The molecular formula is C24H30N2O6S. The Hall–Kier alpha value is -2.78. The summed E-state index contributed by atoms with van der Waals surface area (Å²) < 4.78 is 45.3. The number of benzene rings is 2. The predicted molar refractivity (Wildman–Crippen MR) is 123 cm³/mol. The van der Waals surface area contributed by atoms with Gasteiger partial charge in [-0.3, -0.25) is 4.79 Å². The number of hydrogen-bond donors (Lipinski definition) is 1. The second-order valence-corrected chi connectivity index (χ2v) is 10.3. The molecule has 0 saturated carbocycles. The van der Waals surface area contributed by atoms with E-state index in [4.69, 9.17) is 14.2 Å². The number of piperidine rings is 1. The molecule has 0 aromatic heterocycles. The van der Waals surface area contributed by atoms with Gasteiger partial charge >= 0.3 is 0 Å². The first-order valence-electron chi connectivity index (χ1n) is 11.3. The minimum atomic E-state index is -3.76. The number of hydrogen-bond acceptors (Lipinski definition) is 6. The summed E-state index contributed by atoms with van der Waals surface area (Å²) >= 11 is 0. The Morgan fingerprint density at radius 3 is 2.52 bits per heavy atom. The summed E-state index contributed by atoms with van der Waals surface area (Å²) in [4.78, 5) is 14.6.